The second kappa shape index (κ2) is 4.80. The lowest BCUT2D eigenvalue weighted by Gasteiger charge is -2.06. The summed E-state index contributed by atoms with van der Waals surface area (Å²) in [6.07, 6.45) is 1.85. The Morgan fingerprint density at radius 1 is 1.16 bits per heavy atom. The molecular formula is C13H12N2O2S2. The Hall–Kier alpha value is -1.63. The predicted molar refractivity (Wildman–Crippen MR) is 76.6 cm³/mol. The van der Waals surface area contributed by atoms with Gasteiger partial charge in [-0.1, -0.05) is 18.2 Å². The van der Waals surface area contributed by atoms with Crippen LogP contribution in [-0.2, 0) is 16.6 Å². The van der Waals surface area contributed by atoms with Crippen LogP contribution in [0, 0.1) is 0 Å². The number of sulfonamides is 1. The first-order chi connectivity index (χ1) is 9.17. The van der Waals surface area contributed by atoms with Gasteiger partial charge in [-0.05, 0) is 29.1 Å². The maximum Gasteiger partial charge on any atom is 0.250 e. The molecule has 3 rings (SSSR count). The highest BCUT2D eigenvalue weighted by atomic mass is 32.2. The Labute approximate surface area is 115 Å². The van der Waals surface area contributed by atoms with Crippen LogP contribution in [0.5, 0.6) is 0 Å². The van der Waals surface area contributed by atoms with E-state index in [0.29, 0.717) is 4.21 Å². The van der Waals surface area contributed by atoms with Crippen molar-refractivity contribution in [1.82, 2.24) is 9.71 Å². The lowest BCUT2D eigenvalue weighted by Crippen LogP contribution is -2.22. The minimum Gasteiger partial charge on any atom is -0.361 e. The Kier molecular flexibility index (Phi) is 3.14. The van der Waals surface area contributed by atoms with Crippen LogP contribution in [0.2, 0.25) is 0 Å². The normalized spacial score (nSPS) is 12.0. The predicted octanol–water partition coefficient (Wildman–Crippen LogP) is 2.71. The first-order valence-corrected chi connectivity index (χ1v) is 8.11. The molecule has 1 aromatic carbocycles. The van der Waals surface area contributed by atoms with E-state index in [-0.39, 0.29) is 6.54 Å². The number of aromatic amines is 1. The van der Waals surface area contributed by atoms with Crippen molar-refractivity contribution in [1.29, 1.82) is 0 Å². The van der Waals surface area contributed by atoms with Gasteiger partial charge in [-0.2, -0.15) is 0 Å². The molecule has 0 fully saturated rings. The number of benzene rings is 1. The average molecular weight is 292 g/mol. The third kappa shape index (κ3) is 2.42. The van der Waals surface area contributed by atoms with Crippen LogP contribution in [0.4, 0.5) is 0 Å². The Bertz CT molecular complexity index is 789. The highest BCUT2D eigenvalue weighted by Gasteiger charge is 2.15. The van der Waals surface area contributed by atoms with Crippen molar-refractivity contribution in [3.05, 3.63) is 53.5 Å². The van der Waals surface area contributed by atoms with Crippen LogP contribution < -0.4 is 4.72 Å². The van der Waals surface area contributed by atoms with Gasteiger partial charge in [0.1, 0.15) is 4.21 Å². The second-order valence-corrected chi connectivity index (χ2v) is 7.05. The summed E-state index contributed by atoms with van der Waals surface area (Å²) < 4.78 is 27.0. The average Bonchev–Trinajstić information content (AvgIpc) is 3.07. The summed E-state index contributed by atoms with van der Waals surface area (Å²) in [7, 11) is -3.41. The van der Waals surface area contributed by atoms with Crippen LogP contribution >= 0.6 is 11.3 Å². The van der Waals surface area contributed by atoms with E-state index in [2.05, 4.69) is 9.71 Å². The number of H-pyrrole nitrogens is 1. The molecule has 2 aromatic heterocycles. The van der Waals surface area contributed by atoms with Gasteiger partial charge in [-0.3, -0.25) is 0 Å². The van der Waals surface area contributed by atoms with Gasteiger partial charge in [0, 0.05) is 23.6 Å². The molecule has 0 spiro atoms. The van der Waals surface area contributed by atoms with Crippen molar-refractivity contribution < 1.29 is 8.42 Å². The fourth-order valence-electron chi connectivity index (χ4n) is 1.96. The zero-order chi connectivity index (χ0) is 13.3. The lowest BCUT2D eigenvalue weighted by molar-refractivity contribution is 0.583. The molecule has 2 N–H and O–H groups in total. The van der Waals surface area contributed by atoms with Gasteiger partial charge in [0.15, 0.2) is 0 Å². The summed E-state index contributed by atoms with van der Waals surface area (Å²) in [4.78, 5) is 3.11. The van der Waals surface area contributed by atoms with Crippen LogP contribution in [0.3, 0.4) is 0 Å². The van der Waals surface area contributed by atoms with Gasteiger partial charge in [0.2, 0.25) is 10.0 Å². The molecule has 0 aliphatic rings. The third-order valence-corrected chi connectivity index (χ3v) is 5.70. The van der Waals surface area contributed by atoms with Crippen LogP contribution in [0.15, 0.2) is 52.2 Å². The van der Waals surface area contributed by atoms with Gasteiger partial charge in [0.25, 0.3) is 0 Å². The van der Waals surface area contributed by atoms with Gasteiger partial charge >= 0.3 is 0 Å². The topological polar surface area (TPSA) is 62.0 Å². The zero-order valence-electron chi connectivity index (χ0n) is 9.96. The van der Waals surface area contributed by atoms with E-state index in [1.807, 2.05) is 30.5 Å². The molecule has 0 saturated heterocycles. The number of nitrogens with one attached hydrogen (secondary N) is 2. The number of thiophene rings is 1. The minimum absolute atomic E-state index is 0.287. The molecule has 6 heteroatoms. The van der Waals surface area contributed by atoms with E-state index in [1.54, 1.807) is 17.5 Å². The van der Waals surface area contributed by atoms with Crippen molar-refractivity contribution in [2.45, 2.75) is 10.8 Å². The SMILES string of the molecule is O=S(=O)(NCc1cccc2[nH]ccc12)c1cccs1. The quantitative estimate of drug-likeness (QED) is 0.776. The molecule has 0 saturated carbocycles. The van der Waals surface area contributed by atoms with Crippen molar-refractivity contribution in [2.24, 2.45) is 0 Å². The summed E-state index contributed by atoms with van der Waals surface area (Å²) in [6, 6.07) is 11.1. The maximum absolute atomic E-state index is 12.0. The number of hydrogen-bond acceptors (Lipinski definition) is 3. The summed E-state index contributed by atoms with van der Waals surface area (Å²) >= 11 is 1.21. The summed E-state index contributed by atoms with van der Waals surface area (Å²) in [6.45, 7) is 0.287. The fraction of sp³-hybridized carbons (Fsp3) is 0.0769. The fourth-order valence-corrected chi connectivity index (χ4v) is 4.01. The van der Waals surface area contributed by atoms with Crippen molar-refractivity contribution in [2.75, 3.05) is 0 Å². The number of rotatable bonds is 4. The zero-order valence-corrected chi connectivity index (χ0v) is 11.6. The van der Waals surface area contributed by atoms with Gasteiger partial charge in [-0.25, -0.2) is 13.1 Å². The van der Waals surface area contributed by atoms with E-state index in [4.69, 9.17) is 0 Å². The molecule has 0 bridgehead atoms. The number of hydrogen-bond donors (Lipinski definition) is 2. The van der Waals surface area contributed by atoms with Crippen LogP contribution in [-0.4, -0.2) is 13.4 Å². The number of fused-ring (bicyclic) bond motifs is 1. The van der Waals surface area contributed by atoms with Gasteiger partial charge < -0.3 is 4.98 Å². The Morgan fingerprint density at radius 3 is 2.84 bits per heavy atom. The van der Waals surface area contributed by atoms with Crippen LogP contribution in [0.1, 0.15) is 5.56 Å². The van der Waals surface area contributed by atoms with E-state index in [1.165, 1.54) is 11.3 Å². The van der Waals surface area contributed by atoms with Crippen molar-refractivity contribution >= 4 is 32.3 Å². The van der Waals surface area contributed by atoms with E-state index in [9.17, 15) is 8.42 Å². The van der Waals surface area contributed by atoms with E-state index >= 15 is 0 Å². The van der Waals surface area contributed by atoms with E-state index < -0.39 is 10.0 Å². The third-order valence-electron chi connectivity index (χ3n) is 2.90. The number of aromatic nitrogens is 1. The van der Waals surface area contributed by atoms with Gasteiger partial charge in [0.05, 0.1) is 0 Å². The first-order valence-electron chi connectivity index (χ1n) is 5.75. The molecule has 0 amide bonds. The molecule has 3 aromatic rings. The standard InChI is InChI=1S/C13H12N2O2S2/c16-19(17,13-5-2-8-18-13)15-9-10-3-1-4-12-11(10)6-7-14-12/h1-8,14-15H,9H2. The molecule has 0 unspecified atom stereocenters. The molecular weight excluding hydrogens is 280 g/mol. The minimum atomic E-state index is -3.41. The van der Waals surface area contributed by atoms with E-state index in [0.717, 1.165) is 16.5 Å². The molecule has 2 heterocycles. The Morgan fingerprint density at radius 2 is 2.05 bits per heavy atom. The second-order valence-electron chi connectivity index (χ2n) is 4.11. The van der Waals surface area contributed by atoms with Crippen molar-refractivity contribution in [3.8, 4) is 0 Å². The summed E-state index contributed by atoms with van der Waals surface area (Å²) in [5, 5.41) is 2.79. The summed E-state index contributed by atoms with van der Waals surface area (Å²) in [5.74, 6) is 0. The summed E-state index contributed by atoms with van der Waals surface area (Å²) in [5.41, 5.74) is 1.96. The van der Waals surface area contributed by atoms with Crippen molar-refractivity contribution in [3.63, 3.8) is 0 Å². The molecule has 19 heavy (non-hydrogen) atoms. The lowest BCUT2D eigenvalue weighted by atomic mass is 10.1. The molecule has 0 aliphatic heterocycles. The molecule has 98 valence electrons. The molecule has 4 nitrogen and oxygen atoms in total. The molecule has 0 atom stereocenters. The Balaban J connectivity index is 1.85. The highest BCUT2D eigenvalue weighted by molar-refractivity contribution is 7.91. The smallest absolute Gasteiger partial charge is 0.250 e. The molecule has 0 radical (unpaired) electrons. The monoisotopic (exact) mass is 292 g/mol. The van der Waals surface area contributed by atoms with Crippen LogP contribution in [0.25, 0.3) is 10.9 Å². The molecule has 0 aliphatic carbocycles. The first kappa shape index (κ1) is 12.4. The highest BCUT2D eigenvalue weighted by Crippen LogP contribution is 2.19. The maximum atomic E-state index is 12.0. The largest absolute Gasteiger partial charge is 0.361 e. The van der Waals surface area contributed by atoms with Gasteiger partial charge in [-0.15, -0.1) is 11.3 Å².